The molecule has 1 aliphatic rings. The van der Waals surface area contributed by atoms with Gasteiger partial charge in [0.1, 0.15) is 45.9 Å². The number of nitrogens with two attached hydrogens (primary N) is 1. The molecule has 0 radical (unpaired) electrons. The van der Waals surface area contributed by atoms with Crippen molar-refractivity contribution in [2.24, 2.45) is 5.73 Å². The molecule has 0 unspecified atom stereocenters. The first-order valence-corrected chi connectivity index (χ1v) is 17.9. The normalized spacial score (nSPS) is 13.0. The first-order chi connectivity index (χ1) is 23.7. The fourth-order valence-corrected chi connectivity index (χ4v) is 7.33. The summed E-state index contributed by atoms with van der Waals surface area (Å²) in [6.45, 7) is 3.41. The number of halogens is 1. The Labute approximate surface area is 297 Å². The van der Waals surface area contributed by atoms with E-state index in [-0.39, 0.29) is 32.0 Å². The van der Waals surface area contributed by atoms with E-state index in [1.807, 2.05) is 29.6 Å². The third-order valence-electron chi connectivity index (χ3n) is 7.84. The first-order valence-electron chi connectivity index (χ1n) is 15.6. The summed E-state index contributed by atoms with van der Waals surface area (Å²) in [4.78, 5) is 36.7. The van der Waals surface area contributed by atoms with Crippen LogP contribution in [0.25, 0.3) is 21.7 Å². The lowest BCUT2D eigenvalue weighted by atomic mass is 9.96. The van der Waals surface area contributed by atoms with Gasteiger partial charge in [-0.3, -0.25) is 9.59 Å². The van der Waals surface area contributed by atoms with Crippen molar-refractivity contribution < 1.29 is 19.4 Å². The average molecular weight is 716 g/mol. The quantitative estimate of drug-likeness (QED) is 0.143. The molecule has 49 heavy (non-hydrogen) atoms. The van der Waals surface area contributed by atoms with Crippen LogP contribution in [0.2, 0.25) is 5.02 Å². The Hall–Kier alpha value is -4.66. The van der Waals surface area contributed by atoms with E-state index in [9.17, 15) is 20.1 Å². The van der Waals surface area contributed by atoms with Crippen molar-refractivity contribution in [1.82, 2.24) is 14.9 Å². The Kier molecular flexibility index (Phi) is 12.1. The van der Waals surface area contributed by atoms with Gasteiger partial charge >= 0.3 is 5.97 Å². The lowest BCUT2D eigenvalue weighted by Gasteiger charge is -2.24. The fraction of sp³-hybridized carbons (Fsp3) is 0.314. The van der Waals surface area contributed by atoms with E-state index in [4.69, 9.17) is 37.1 Å². The minimum atomic E-state index is -1.01. The maximum Gasteiger partial charge on any atom is 0.305 e. The minimum absolute atomic E-state index is 0.0274. The zero-order valence-corrected chi connectivity index (χ0v) is 29.2. The zero-order valence-electron chi connectivity index (χ0n) is 26.8. The summed E-state index contributed by atoms with van der Waals surface area (Å²) >= 11 is 9.00. The number of carboxylic acids is 1. The van der Waals surface area contributed by atoms with Crippen molar-refractivity contribution in [2.75, 3.05) is 37.7 Å². The van der Waals surface area contributed by atoms with Crippen LogP contribution in [-0.4, -0.2) is 70.7 Å². The molecule has 1 amide bonds. The summed E-state index contributed by atoms with van der Waals surface area (Å²) in [7, 11) is 0. The number of aromatic nitrogens is 2. The van der Waals surface area contributed by atoms with Gasteiger partial charge in [-0.25, -0.2) is 9.97 Å². The molecule has 1 atom stereocenters. The molecule has 3 N–H and O–H groups in total. The maximum absolute atomic E-state index is 12.5. The highest BCUT2D eigenvalue weighted by Crippen LogP contribution is 2.40. The SMILES string of the molecule is C[C@H](N)C(=O)N(CCOc1ccc(-c2c(C#N)c(SCc3csc(-c4ccc(Cl)cc4)n3)nc(N3CCCC3)c2C#N)cc1)CCC(=O)O. The summed E-state index contributed by atoms with van der Waals surface area (Å²) in [5.41, 5.74) is 9.40. The van der Waals surface area contributed by atoms with Crippen LogP contribution in [0.15, 0.2) is 58.9 Å². The number of benzene rings is 2. The summed E-state index contributed by atoms with van der Waals surface area (Å²) in [5.74, 6) is 0.195. The molecule has 0 aliphatic carbocycles. The zero-order chi connectivity index (χ0) is 34.9. The molecule has 3 heterocycles. The summed E-state index contributed by atoms with van der Waals surface area (Å²) in [5, 5.41) is 33.9. The number of thioether (sulfide) groups is 1. The number of nitrogens with zero attached hydrogens (tertiary/aromatic N) is 6. The molecule has 0 spiro atoms. The highest BCUT2D eigenvalue weighted by molar-refractivity contribution is 7.98. The number of hydrogen-bond donors (Lipinski definition) is 2. The molecular formula is C35H34ClN7O4S2. The molecule has 2 aromatic carbocycles. The predicted octanol–water partition coefficient (Wildman–Crippen LogP) is 6.19. The van der Waals surface area contributed by atoms with Gasteiger partial charge in [-0.2, -0.15) is 10.5 Å². The van der Waals surface area contributed by atoms with Crippen molar-refractivity contribution in [3.05, 3.63) is 75.8 Å². The number of amides is 1. The molecule has 4 aromatic rings. The van der Waals surface area contributed by atoms with Crippen molar-refractivity contribution in [3.63, 3.8) is 0 Å². The number of anilines is 1. The van der Waals surface area contributed by atoms with Crippen molar-refractivity contribution in [2.45, 2.75) is 43.0 Å². The van der Waals surface area contributed by atoms with Crippen LogP contribution in [-0.2, 0) is 15.3 Å². The van der Waals surface area contributed by atoms with Crippen LogP contribution in [0.5, 0.6) is 5.75 Å². The second-order valence-corrected chi connectivity index (χ2v) is 13.6. The Balaban J connectivity index is 1.39. The van der Waals surface area contributed by atoms with E-state index in [2.05, 4.69) is 17.0 Å². The van der Waals surface area contributed by atoms with Gasteiger partial charge in [-0.05, 0) is 49.6 Å². The number of aliphatic carboxylic acids is 1. The third-order valence-corrected chi connectivity index (χ3v) is 10.0. The molecular weight excluding hydrogens is 682 g/mol. The van der Waals surface area contributed by atoms with Crippen LogP contribution in [0.4, 0.5) is 5.82 Å². The largest absolute Gasteiger partial charge is 0.492 e. The minimum Gasteiger partial charge on any atom is -0.492 e. The average Bonchev–Trinajstić information content (AvgIpc) is 3.81. The van der Waals surface area contributed by atoms with Crippen LogP contribution in [0.3, 0.4) is 0 Å². The molecule has 2 aromatic heterocycles. The van der Waals surface area contributed by atoms with Crippen molar-refractivity contribution >= 4 is 52.4 Å². The molecule has 1 fully saturated rings. The number of hydrogen-bond acceptors (Lipinski definition) is 11. The van der Waals surface area contributed by atoms with E-state index in [0.29, 0.717) is 49.6 Å². The Morgan fingerprint density at radius 2 is 1.73 bits per heavy atom. The van der Waals surface area contributed by atoms with E-state index < -0.39 is 12.0 Å². The lowest BCUT2D eigenvalue weighted by Crippen LogP contribution is -2.44. The number of rotatable bonds is 14. The molecule has 0 saturated carbocycles. The summed E-state index contributed by atoms with van der Waals surface area (Å²) in [6.07, 6.45) is 1.79. The first kappa shape index (κ1) is 35.6. The van der Waals surface area contributed by atoms with Gasteiger partial charge in [0.05, 0.1) is 30.3 Å². The molecule has 1 aliphatic heterocycles. The van der Waals surface area contributed by atoms with Gasteiger partial charge in [-0.1, -0.05) is 47.6 Å². The highest BCUT2D eigenvalue weighted by Gasteiger charge is 2.26. The molecule has 5 rings (SSSR count). The van der Waals surface area contributed by atoms with Gasteiger partial charge in [0, 0.05) is 46.9 Å². The highest BCUT2D eigenvalue weighted by atomic mass is 35.5. The molecule has 0 bridgehead atoms. The van der Waals surface area contributed by atoms with E-state index in [0.717, 1.165) is 42.2 Å². The second kappa shape index (κ2) is 16.6. The van der Waals surface area contributed by atoms with Crippen LogP contribution >= 0.6 is 34.7 Å². The number of thiazole rings is 1. The Bertz CT molecular complexity index is 1880. The van der Waals surface area contributed by atoms with Gasteiger partial charge in [0.15, 0.2) is 0 Å². The van der Waals surface area contributed by atoms with Gasteiger partial charge in [0.25, 0.3) is 0 Å². The lowest BCUT2D eigenvalue weighted by molar-refractivity contribution is -0.139. The van der Waals surface area contributed by atoms with Crippen LogP contribution in [0.1, 0.15) is 43.0 Å². The number of pyridine rings is 1. The molecule has 252 valence electrons. The number of carbonyl (C=O) groups is 2. The topological polar surface area (TPSA) is 169 Å². The number of ether oxygens (including phenoxy) is 1. The van der Waals surface area contributed by atoms with E-state index in [1.54, 1.807) is 31.2 Å². The smallest absolute Gasteiger partial charge is 0.305 e. The standard InChI is InChI=1S/C35H34ClN7O4S2/c1-22(39)35(46)43(15-12-30(44)45)16-17-47-27-10-6-23(7-11-27)31-28(18-37)32(42-13-2-3-14-42)41-34(29(31)19-38)49-21-26-20-48-33(40-26)24-4-8-25(36)9-5-24/h4-11,20,22H,2-3,12-17,21,39H2,1H3,(H,44,45)/t22-/m0/s1. The number of carboxylic acid groups (broad SMARTS) is 1. The van der Waals surface area contributed by atoms with Gasteiger partial charge in [-0.15, -0.1) is 11.3 Å². The monoisotopic (exact) mass is 715 g/mol. The van der Waals surface area contributed by atoms with Gasteiger partial charge in [0.2, 0.25) is 5.91 Å². The summed E-state index contributed by atoms with van der Waals surface area (Å²) < 4.78 is 5.88. The Morgan fingerprint density at radius 3 is 2.37 bits per heavy atom. The predicted molar refractivity (Wildman–Crippen MR) is 191 cm³/mol. The van der Waals surface area contributed by atoms with Crippen molar-refractivity contribution in [1.29, 1.82) is 10.5 Å². The molecule has 14 heteroatoms. The van der Waals surface area contributed by atoms with Gasteiger partial charge < -0.3 is 25.4 Å². The third kappa shape index (κ3) is 8.88. The molecule has 11 nitrogen and oxygen atoms in total. The number of carbonyl (C=O) groups excluding carboxylic acids is 1. The van der Waals surface area contributed by atoms with Crippen LogP contribution in [0, 0.1) is 22.7 Å². The maximum atomic E-state index is 12.5. The fourth-order valence-electron chi connectivity index (χ4n) is 5.40. The van der Waals surface area contributed by atoms with E-state index >= 15 is 0 Å². The Morgan fingerprint density at radius 1 is 1.06 bits per heavy atom. The number of nitriles is 2. The van der Waals surface area contributed by atoms with Crippen molar-refractivity contribution in [3.8, 4) is 39.6 Å². The second-order valence-electron chi connectivity index (χ2n) is 11.4. The summed E-state index contributed by atoms with van der Waals surface area (Å²) in [6, 6.07) is 18.5. The van der Waals surface area contributed by atoms with Crippen LogP contribution < -0.4 is 15.4 Å². The molecule has 1 saturated heterocycles. The van der Waals surface area contributed by atoms with E-state index in [1.165, 1.54) is 28.0 Å².